The summed E-state index contributed by atoms with van der Waals surface area (Å²) in [6, 6.07) is 3.69. The molecule has 0 amide bonds. The number of hydrogen-bond donors (Lipinski definition) is 2. The van der Waals surface area contributed by atoms with Crippen molar-refractivity contribution in [1.29, 1.82) is 0 Å². The number of nitrogens with two attached hydrogens (primary N) is 2. The Morgan fingerprint density at radius 1 is 0.833 bits per heavy atom. The fourth-order valence-corrected chi connectivity index (χ4v) is 1.27. The zero-order valence-electron chi connectivity index (χ0n) is 5.88. The summed E-state index contributed by atoms with van der Waals surface area (Å²) in [5.41, 5.74) is 12.3. The number of benzene rings is 1. The first kappa shape index (κ1) is 14.9. The van der Waals surface area contributed by atoms with Crippen LogP contribution in [0.5, 0.6) is 0 Å². The van der Waals surface area contributed by atoms with Crippen LogP contribution in [0.4, 0.5) is 11.4 Å². The largest absolute Gasteiger partial charge is 0.396 e. The van der Waals surface area contributed by atoms with Crippen molar-refractivity contribution < 1.29 is 0 Å². The number of nitrogen functional groups attached to an aromatic ring is 2. The minimum atomic E-state index is 0. The second-order valence-corrected chi connectivity index (χ2v) is 3.57. The third kappa shape index (κ3) is 3.01. The molecule has 0 fully saturated rings. The van der Waals surface area contributed by atoms with E-state index in [0.29, 0.717) is 11.4 Å². The Labute approximate surface area is 100 Å². The van der Waals surface area contributed by atoms with Crippen molar-refractivity contribution in [1.82, 2.24) is 0 Å². The second-order valence-electron chi connectivity index (χ2n) is 1.86. The zero-order valence-corrected chi connectivity index (χ0v) is 10.7. The first-order valence-corrected chi connectivity index (χ1v) is 4.20. The Balaban J connectivity index is 0. The van der Waals surface area contributed by atoms with Gasteiger partial charge in [0.25, 0.3) is 0 Å². The Morgan fingerprint density at radius 3 is 1.33 bits per heavy atom. The van der Waals surface area contributed by atoms with Gasteiger partial charge in [0.15, 0.2) is 0 Å². The maximum absolute atomic E-state index is 5.58. The van der Waals surface area contributed by atoms with Crippen LogP contribution < -0.4 is 11.5 Å². The number of halogens is 4. The lowest BCUT2D eigenvalue weighted by atomic mass is 10.3. The van der Waals surface area contributed by atoms with E-state index in [4.69, 9.17) is 11.5 Å². The molecule has 12 heavy (non-hydrogen) atoms. The molecule has 0 aliphatic rings. The SMILES string of the molecule is Cl.Cl.Nc1c(Br)ccc(Br)c1N. The fraction of sp³-hybridized carbons (Fsp3) is 0. The Bertz CT molecular complexity index is 241. The van der Waals surface area contributed by atoms with Crippen molar-refractivity contribution in [3.8, 4) is 0 Å². The summed E-state index contributed by atoms with van der Waals surface area (Å²) >= 11 is 6.51. The number of anilines is 2. The Kier molecular flexibility index (Phi) is 7.32. The molecular formula is C6H8Br2Cl2N2. The van der Waals surface area contributed by atoms with Gasteiger partial charge in [-0.15, -0.1) is 24.8 Å². The van der Waals surface area contributed by atoms with Gasteiger partial charge in [-0.1, -0.05) is 0 Å². The third-order valence-corrected chi connectivity index (χ3v) is 2.56. The van der Waals surface area contributed by atoms with E-state index in [1.165, 1.54) is 0 Å². The van der Waals surface area contributed by atoms with Gasteiger partial charge >= 0.3 is 0 Å². The summed E-state index contributed by atoms with van der Waals surface area (Å²) in [5, 5.41) is 0. The molecule has 0 unspecified atom stereocenters. The third-order valence-electron chi connectivity index (χ3n) is 1.18. The molecule has 1 aromatic carbocycles. The molecule has 0 atom stereocenters. The van der Waals surface area contributed by atoms with Crippen LogP contribution in [0.25, 0.3) is 0 Å². The van der Waals surface area contributed by atoms with Crippen molar-refractivity contribution >= 4 is 68.0 Å². The Hall–Kier alpha value is 0.360. The van der Waals surface area contributed by atoms with E-state index in [9.17, 15) is 0 Å². The van der Waals surface area contributed by atoms with Crippen LogP contribution in [0.2, 0.25) is 0 Å². The van der Waals surface area contributed by atoms with Gasteiger partial charge in [-0.2, -0.15) is 0 Å². The molecule has 0 bridgehead atoms. The lowest BCUT2D eigenvalue weighted by molar-refractivity contribution is 1.58. The average Bonchev–Trinajstić information content (AvgIpc) is 1.93. The molecule has 70 valence electrons. The van der Waals surface area contributed by atoms with Gasteiger partial charge in [0, 0.05) is 8.95 Å². The molecule has 0 spiro atoms. The van der Waals surface area contributed by atoms with E-state index in [1.54, 1.807) is 0 Å². The van der Waals surface area contributed by atoms with Crippen LogP contribution in [-0.4, -0.2) is 0 Å². The predicted octanol–water partition coefficient (Wildman–Crippen LogP) is 3.22. The molecule has 0 heterocycles. The van der Waals surface area contributed by atoms with Crippen molar-refractivity contribution in [2.75, 3.05) is 11.5 Å². The predicted molar refractivity (Wildman–Crippen MR) is 65.2 cm³/mol. The summed E-state index contributed by atoms with van der Waals surface area (Å²) in [5.74, 6) is 0. The van der Waals surface area contributed by atoms with Crippen LogP contribution >= 0.6 is 56.7 Å². The highest BCUT2D eigenvalue weighted by molar-refractivity contribution is 9.11. The van der Waals surface area contributed by atoms with E-state index in [1.807, 2.05) is 12.1 Å². The topological polar surface area (TPSA) is 52.0 Å². The van der Waals surface area contributed by atoms with Gasteiger partial charge in [0.1, 0.15) is 0 Å². The monoisotopic (exact) mass is 336 g/mol. The molecule has 0 aliphatic heterocycles. The smallest absolute Gasteiger partial charge is 0.0703 e. The van der Waals surface area contributed by atoms with Gasteiger partial charge < -0.3 is 11.5 Å². The molecule has 1 aromatic rings. The first-order chi connectivity index (χ1) is 4.63. The Morgan fingerprint density at radius 2 is 1.08 bits per heavy atom. The lowest BCUT2D eigenvalue weighted by Crippen LogP contribution is -1.95. The van der Waals surface area contributed by atoms with Crippen LogP contribution in [0, 0.1) is 0 Å². The van der Waals surface area contributed by atoms with E-state index < -0.39 is 0 Å². The molecule has 0 aromatic heterocycles. The number of hydrogen-bond acceptors (Lipinski definition) is 2. The average molecular weight is 339 g/mol. The molecule has 6 heteroatoms. The lowest BCUT2D eigenvalue weighted by Gasteiger charge is -2.03. The summed E-state index contributed by atoms with van der Waals surface area (Å²) < 4.78 is 1.65. The second kappa shape index (κ2) is 5.91. The van der Waals surface area contributed by atoms with E-state index in [2.05, 4.69) is 31.9 Å². The van der Waals surface area contributed by atoms with Crippen LogP contribution in [-0.2, 0) is 0 Å². The normalized spacial score (nSPS) is 8.17. The zero-order chi connectivity index (χ0) is 7.72. The van der Waals surface area contributed by atoms with Crippen molar-refractivity contribution in [3.63, 3.8) is 0 Å². The molecule has 0 saturated heterocycles. The maximum Gasteiger partial charge on any atom is 0.0703 e. The summed E-state index contributed by atoms with van der Waals surface area (Å²) in [6.07, 6.45) is 0. The van der Waals surface area contributed by atoms with Gasteiger partial charge in [-0.05, 0) is 44.0 Å². The molecule has 0 saturated carbocycles. The highest BCUT2D eigenvalue weighted by Gasteiger charge is 2.02. The maximum atomic E-state index is 5.58. The van der Waals surface area contributed by atoms with Crippen molar-refractivity contribution in [2.24, 2.45) is 0 Å². The van der Waals surface area contributed by atoms with Crippen molar-refractivity contribution in [2.45, 2.75) is 0 Å². The van der Waals surface area contributed by atoms with Crippen LogP contribution in [0.15, 0.2) is 21.1 Å². The molecule has 0 aliphatic carbocycles. The van der Waals surface area contributed by atoms with E-state index in [-0.39, 0.29) is 24.8 Å². The summed E-state index contributed by atoms with van der Waals surface area (Å²) in [6.45, 7) is 0. The molecule has 0 radical (unpaired) electrons. The molecule has 4 N–H and O–H groups in total. The molecule has 2 nitrogen and oxygen atoms in total. The highest BCUT2D eigenvalue weighted by Crippen LogP contribution is 2.31. The fourth-order valence-electron chi connectivity index (χ4n) is 0.583. The van der Waals surface area contributed by atoms with Gasteiger partial charge in [0.2, 0.25) is 0 Å². The summed E-state index contributed by atoms with van der Waals surface area (Å²) in [7, 11) is 0. The number of rotatable bonds is 0. The molecular weight excluding hydrogens is 331 g/mol. The van der Waals surface area contributed by atoms with Crippen LogP contribution in [0.3, 0.4) is 0 Å². The molecule has 1 rings (SSSR count). The quantitative estimate of drug-likeness (QED) is 0.714. The first-order valence-electron chi connectivity index (χ1n) is 2.62. The minimum absolute atomic E-state index is 0. The minimum Gasteiger partial charge on any atom is -0.396 e. The van der Waals surface area contributed by atoms with Crippen LogP contribution in [0.1, 0.15) is 0 Å². The van der Waals surface area contributed by atoms with E-state index in [0.717, 1.165) is 8.95 Å². The van der Waals surface area contributed by atoms with Crippen molar-refractivity contribution in [3.05, 3.63) is 21.1 Å². The standard InChI is InChI=1S/C6H6Br2N2.2ClH/c7-3-1-2-4(8)6(10)5(3)9;;/h1-2H,9-10H2;2*1H. The van der Waals surface area contributed by atoms with E-state index >= 15 is 0 Å². The summed E-state index contributed by atoms with van der Waals surface area (Å²) in [4.78, 5) is 0. The van der Waals surface area contributed by atoms with Gasteiger partial charge in [-0.3, -0.25) is 0 Å². The van der Waals surface area contributed by atoms with Gasteiger partial charge in [0.05, 0.1) is 11.4 Å². The van der Waals surface area contributed by atoms with Gasteiger partial charge in [-0.25, -0.2) is 0 Å². The highest BCUT2D eigenvalue weighted by atomic mass is 79.9.